The molecule has 0 amide bonds. The normalized spacial score (nSPS) is 24.1. The summed E-state index contributed by atoms with van der Waals surface area (Å²) in [5.41, 5.74) is 2.36. The average molecular weight is 268 g/mol. The van der Waals surface area contributed by atoms with Crippen molar-refractivity contribution in [2.24, 2.45) is 5.92 Å². The zero-order valence-electron chi connectivity index (χ0n) is 11.6. The number of rotatable bonds is 5. The number of methoxy groups -OCH3 is 1. The van der Waals surface area contributed by atoms with Gasteiger partial charge < -0.3 is 9.84 Å². The van der Waals surface area contributed by atoms with Crippen LogP contribution in [0.3, 0.4) is 0 Å². The first kappa shape index (κ1) is 13.3. The molecule has 0 bridgehead atoms. The Morgan fingerprint density at radius 3 is 2.20 bits per heavy atom. The first-order valence-electron chi connectivity index (χ1n) is 7.12. The van der Waals surface area contributed by atoms with E-state index in [-0.39, 0.29) is 6.10 Å². The summed E-state index contributed by atoms with van der Waals surface area (Å²) in [5.74, 6) is 0.759. The second-order valence-electron chi connectivity index (χ2n) is 5.47. The standard InChI is InChI=1S/C18H20O2/c1-20-18(14-10-6-3-7-11-14)17(19)16-12-15(16)13-8-4-2-5-9-13/h2-11,15-19H,12H2,1H3. The quantitative estimate of drug-likeness (QED) is 0.898. The lowest BCUT2D eigenvalue weighted by Gasteiger charge is -2.22. The van der Waals surface area contributed by atoms with Gasteiger partial charge in [-0.05, 0) is 29.4 Å². The largest absolute Gasteiger partial charge is 0.390 e. The van der Waals surface area contributed by atoms with Crippen molar-refractivity contribution in [3.8, 4) is 0 Å². The third kappa shape index (κ3) is 2.62. The predicted octanol–water partition coefficient (Wildman–Crippen LogP) is 3.54. The molecular formula is C18H20O2. The number of hydrogen-bond acceptors (Lipinski definition) is 2. The molecule has 3 rings (SSSR count). The summed E-state index contributed by atoms with van der Waals surface area (Å²) in [7, 11) is 1.67. The third-order valence-electron chi connectivity index (χ3n) is 4.20. The fourth-order valence-corrected chi connectivity index (χ4v) is 3.02. The highest BCUT2D eigenvalue weighted by Crippen LogP contribution is 2.52. The van der Waals surface area contributed by atoms with Crippen LogP contribution in [0.5, 0.6) is 0 Å². The van der Waals surface area contributed by atoms with Gasteiger partial charge in [-0.25, -0.2) is 0 Å². The fraction of sp³-hybridized carbons (Fsp3) is 0.333. The molecule has 20 heavy (non-hydrogen) atoms. The van der Waals surface area contributed by atoms with Crippen molar-refractivity contribution in [1.82, 2.24) is 0 Å². The molecule has 104 valence electrons. The van der Waals surface area contributed by atoms with Crippen LogP contribution in [0.15, 0.2) is 60.7 Å². The molecule has 1 fully saturated rings. The summed E-state index contributed by atoms with van der Waals surface area (Å²) in [4.78, 5) is 0. The van der Waals surface area contributed by atoms with Crippen LogP contribution in [-0.4, -0.2) is 18.3 Å². The van der Waals surface area contributed by atoms with E-state index in [1.807, 2.05) is 36.4 Å². The number of aliphatic hydroxyl groups excluding tert-OH is 1. The molecule has 1 saturated carbocycles. The molecule has 0 spiro atoms. The zero-order chi connectivity index (χ0) is 13.9. The highest BCUT2D eigenvalue weighted by Gasteiger charge is 2.46. The van der Waals surface area contributed by atoms with Crippen molar-refractivity contribution in [2.45, 2.75) is 24.5 Å². The minimum Gasteiger partial charge on any atom is -0.390 e. The maximum absolute atomic E-state index is 10.6. The molecular weight excluding hydrogens is 248 g/mol. The summed E-state index contributed by atoms with van der Waals surface area (Å²) in [6, 6.07) is 20.4. The van der Waals surface area contributed by atoms with Crippen molar-refractivity contribution >= 4 is 0 Å². The molecule has 4 atom stereocenters. The van der Waals surface area contributed by atoms with Gasteiger partial charge in [-0.15, -0.1) is 0 Å². The van der Waals surface area contributed by atoms with Crippen LogP contribution < -0.4 is 0 Å². The first-order chi connectivity index (χ1) is 9.81. The lowest BCUT2D eigenvalue weighted by atomic mass is 9.98. The SMILES string of the molecule is COC(c1ccccc1)C(O)C1CC1c1ccccc1. The van der Waals surface area contributed by atoms with Gasteiger partial charge in [0.1, 0.15) is 6.10 Å². The van der Waals surface area contributed by atoms with E-state index in [1.54, 1.807) is 7.11 Å². The minimum atomic E-state index is -0.451. The fourth-order valence-electron chi connectivity index (χ4n) is 3.02. The Labute approximate surface area is 120 Å². The highest BCUT2D eigenvalue weighted by atomic mass is 16.5. The molecule has 1 aliphatic rings. The van der Waals surface area contributed by atoms with Crippen molar-refractivity contribution in [3.05, 3.63) is 71.8 Å². The van der Waals surface area contributed by atoms with E-state index in [0.29, 0.717) is 11.8 Å². The highest BCUT2D eigenvalue weighted by molar-refractivity contribution is 5.28. The van der Waals surface area contributed by atoms with Crippen LogP contribution >= 0.6 is 0 Å². The van der Waals surface area contributed by atoms with E-state index in [0.717, 1.165) is 12.0 Å². The van der Waals surface area contributed by atoms with E-state index in [4.69, 9.17) is 4.74 Å². The van der Waals surface area contributed by atoms with Crippen LogP contribution in [0.2, 0.25) is 0 Å². The molecule has 0 radical (unpaired) electrons. The van der Waals surface area contributed by atoms with E-state index >= 15 is 0 Å². The van der Waals surface area contributed by atoms with Crippen molar-refractivity contribution in [1.29, 1.82) is 0 Å². The van der Waals surface area contributed by atoms with Gasteiger partial charge >= 0.3 is 0 Å². The molecule has 0 saturated heterocycles. The summed E-state index contributed by atoms with van der Waals surface area (Å²) in [6.07, 6.45) is 0.347. The van der Waals surface area contributed by atoms with E-state index < -0.39 is 6.10 Å². The second-order valence-corrected chi connectivity index (χ2v) is 5.47. The number of benzene rings is 2. The molecule has 0 aliphatic heterocycles. The third-order valence-corrected chi connectivity index (χ3v) is 4.20. The lowest BCUT2D eigenvalue weighted by Crippen LogP contribution is -2.23. The molecule has 2 heteroatoms. The molecule has 2 aromatic rings. The maximum Gasteiger partial charge on any atom is 0.108 e. The Hall–Kier alpha value is -1.64. The molecule has 2 aromatic carbocycles. The molecule has 4 unspecified atom stereocenters. The van der Waals surface area contributed by atoms with Crippen molar-refractivity contribution in [3.63, 3.8) is 0 Å². The summed E-state index contributed by atoms with van der Waals surface area (Å²) in [6.45, 7) is 0. The van der Waals surface area contributed by atoms with Gasteiger partial charge in [0.2, 0.25) is 0 Å². The van der Waals surface area contributed by atoms with Gasteiger partial charge in [0.25, 0.3) is 0 Å². The monoisotopic (exact) mass is 268 g/mol. The Bertz CT molecular complexity index is 538. The van der Waals surface area contributed by atoms with Gasteiger partial charge in [0, 0.05) is 7.11 Å². The van der Waals surface area contributed by atoms with E-state index in [2.05, 4.69) is 24.3 Å². The van der Waals surface area contributed by atoms with Crippen LogP contribution in [0.25, 0.3) is 0 Å². The number of hydrogen-bond donors (Lipinski definition) is 1. The topological polar surface area (TPSA) is 29.5 Å². The lowest BCUT2D eigenvalue weighted by molar-refractivity contribution is -0.0254. The second kappa shape index (κ2) is 5.78. The van der Waals surface area contributed by atoms with E-state index in [1.165, 1.54) is 5.56 Å². The Kier molecular flexibility index (Phi) is 3.86. The number of ether oxygens (including phenoxy) is 1. The molecule has 1 aliphatic carbocycles. The summed E-state index contributed by atoms with van der Waals surface area (Å²) in [5, 5.41) is 10.6. The van der Waals surface area contributed by atoms with Crippen molar-refractivity contribution < 1.29 is 9.84 Å². The summed E-state index contributed by atoms with van der Waals surface area (Å²) >= 11 is 0. The predicted molar refractivity (Wildman–Crippen MR) is 79.5 cm³/mol. The van der Waals surface area contributed by atoms with Gasteiger partial charge in [0.15, 0.2) is 0 Å². The molecule has 2 nitrogen and oxygen atoms in total. The minimum absolute atomic E-state index is 0.241. The van der Waals surface area contributed by atoms with Crippen LogP contribution in [0.1, 0.15) is 29.6 Å². The Morgan fingerprint density at radius 1 is 1.00 bits per heavy atom. The molecule has 1 N–H and O–H groups in total. The average Bonchev–Trinajstić information content (AvgIpc) is 3.30. The van der Waals surface area contributed by atoms with Crippen LogP contribution in [0.4, 0.5) is 0 Å². The van der Waals surface area contributed by atoms with Crippen LogP contribution in [-0.2, 0) is 4.74 Å². The van der Waals surface area contributed by atoms with Gasteiger partial charge in [-0.3, -0.25) is 0 Å². The smallest absolute Gasteiger partial charge is 0.108 e. The molecule has 0 aromatic heterocycles. The first-order valence-corrected chi connectivity index (χ1v) is 7.12. The summed E-state index contributed by atoms with van der Waals surface area (Å²) < 4.78 is 5.53. The van der Waals surface area contributed by atoms with E-state index in [9.17, 15) is 5.11 Å². The van der Waals surface area contributed by atoms with Crippen molar-refractivity contribution in [2.75, 3.05) is 7.11 Å². The Balaban J connectivity index is 1.72. The number of aliphatic hydroxyl groups is 1. The van der Waals surface area contributed by atoms with Gasteiger partial charge in [-0.1, -0.05) is 60.7 Å². The van der Waals surface area contributed by atoms with Crippen LogP contribution in [0, 0.1) is 5.92 Å². The zero-order valence-corrected chi connectivity index (χ0v) is 11.6. The van der Waals surface area contributed by atoms with Gasteiger partial charge in [-0.2, -0.15) is 0 Å². The maximum atomic E-state index is 10.6. The molecule has 0 heterocycles. The van der Waals surface area contributed by atoms with Gasteiger partial charge in [0.05, 0.1) is 6.10 Å². The Morgan fingerprint density at radius 2 is 1.60 bits per heavy atom.